The summed E-state index contributed by atoms with van der Waals surface area (Å²) in [6.07, 6.45) is 0.419. The lowest BCUT2D eigenvalue weighted by atomic mass is 10.1. The predicted molar refractivity (Wildman–Crippen MR) is 83.8 cm³/mol. The number of aliphatic hydroxyl groups excluding tert-OH is 1. The van der Waals surface area contributed by atoms with Crippen LogP contribution in [0.1, 0.15) is 22.3 Å². The van der Waals surface area contributed by atoms with Gasteiger partial charge in [-0.25, -0.2) is 0 Å². The second-order valence-corrected chi connectivity index (χ2v) is 4.94. The van der Waals surface area contributed by atoms with Gasteiger partial charge in [0.1, 0.15) is 5.75 Å². The highest BCUT2D eigenvalue weighted by atomic mass is 32.1. The standard InChI is InChI=1S/C16H15NO3S/c1-20-15-6-5-12(4-2-3-8-18)10-14(15)17-16(19)13-7-9-21-11-13/h5-7,9-11,18H,3,8H2,1H3,(H,17,19). The van der Waals surface area contributed by atoms with Gasteiger partial charge in [0.2, 0.25) is 0 Å². The summed E-state index contributed by atoms with van der Waals surface area (Å²) in [5.74, 6) is 6.17. The molecule has 0 aliphatic rings. The van der Waals surface area contributed by atoms with Gasteiger partial charge in [-0.2, -0.15) is 11.3 Å². The number of aliphatic hydroxyl groups is 1. The molecule has 0 saturated carbocycles. The van der Waals surface area contributed by atoms with E-state index in [2.05, 4.69) is 17.2 Å². The number of carbonyl (C=O) groups is 1. The Kier molecular flexibility index (Phi) is 5.38. The van der Waals surface area contributed by atoms with Crippen molar-refractivity contribution in [1.29, 1.82) is 0 Å². The molecule has 4 nitrogen and oxygen atoms in total. The zero-order chi connectivity index (χ0) is 15.1. The molecular formula is C16H15NO3S. The number of hydrogen-bond acceptors (Lipinski definition) is 4. The lowest BCUT2D eigenvalue weighted by molar-refractivity contribution is 0.102. The lowest BCUT2D eigenvalue weighted by Crippen LogP contribution is -2.11. The molecule has 2 aromatic rings. The van der Waals surface area contributed by atoms with E-state index in [9.17, 15) is 4.79 Å². The van der Waals surface area contributed by atoms with Crippen LogP contribution < -0.4 is 10.1 Å². The van der Waals surface area contributed by atoms with Crippen molar-refractivity contribution >= 4 is 22.9 Å². The van der Waals surface area contributed by atoms with Crippen molar-refractivity contribution < 1.29 is 14.6 Å². The molecule has 2 rings (SSSR count). The fourth-order valence-electron chi connectivity index (χ4n) is 1.69. The fraction of sp³-hybridized carbons (Fsp3) is 0.188. The van der Waals surface area contributed by atoms with Crippen LogP contribution in [-0.4, -0.2) is 24.7 Å². The van der Waals surface area contributed by atoms with Crippen LogP contribution in [-0.2, 0) is 0 Å². The van der Waals surface area contributed by atoms with Gasteiger partial charge in [-0.1, -0.05) is 11.8 Å². The van der Waals surface area contributed by atoms with E-state index in [1.165, 1.54) is 11.3 Å². The summed E-state index contributed by atoms with van der Waals surface area (Å²) in [5.41, 5.74) is 1.94. The van der Waals surface area contributed by atoms with Crippen LogP contribution >= 0.6 is 11.3 Å². The largest absolute Gasteiger partial charge is 0.495 e. The van der Waals surface area contributed by atoms with E-state index in [1.54, 1.807) is 30.7 Å². The molecule has 1 aromatic heterocycles. The Labute approximate surface area is 127 Å². The maximum absolute atomic E-state index is 12.1. The number of hydrogen-bond donors (Lipinski definition) is 2. The summed E-state index contributed by atoms with van der Waals surface area (Å²) in [7, 11) is 1.55. The van der Waals surface area contributed by atoms with Gasteiger partial charge in [-0.15, -0.1) is 0 Å². The normalized spacial score (nSPS) is 9.62. The van der Waals surface area contributed by atoms with Crippen LogP contribution in [0.5, 0.6) is 5.75 Å². The molecule has 0 atom stereocenters. The van der Waals surface area contributed by atoms with Crippen molar-refractivity contribution in [3.05, 3.63) is 46.2 Å². The molecule has 0 saturated heterocycles. The fourth-order valence-corrected chi connectivity index (χ4v) is 2.33. The monoisotopic (exact) mass is 301 g/mol. The molecule has 108 valence electrons. The number of methoxy groups -OCH3 is 1. The number of benzene rings is 1. The molecule has 0 radical (unpaired) electrons. The van der Waals surface area contributed by atoms with Crippen molar-refractivity contribution in [2.45, 2.75) is 6.42 Å². The number of carbonyl (C=O) groups excluding carboxylic acids is 1. The van der Waals surface area contributed by atoms with Gasteiger partial charge < -0.3 is 15.2 Å². The van der Waals surface area contributed by atoms with E-state index in [1.807, 2.05) is 11.4 Å². The minimum atomic E-state index is -0.185. The maximum atomic E-state index is 12.1. The molecule has 0 spiro atoms. The smallest absolute Gasteiger partial charge is 0.256 e. The Morgan fingerprint density at radius 1 is 1.43 bits per heavy atom. The first-order chi connectivity index (χ1) is 10.2. The minimum Gasteiger partial charge on any atom is -0.495 e. The minimum absolute atomic E-state index is 0.0326. The number of amides is 1. The quantitative estimate of drug-likeness (QED) is 0.854. The van der Waals surface area contributed by atoms with Crippen LogP contribution in [0.4, 0.5) is 5.69 Å². The van der Waals surface area contributed by atoms with E-state index < -0.39 is 0 Å². The average molecular weight is 301 g/mol. The molecule has 1 heterocycles. The molecule has 0 bridgehead atoms. The first-order valence-electron chi connectivity index (χ1n) is 6.36. The third-order valence-electron chi connectivity index (χ3n) is 2.70. The average Bonchev–Trinajstić information content (AvgIpc) is 3.02. The van der Waals surface area contributed by atoms with Gasteiger partial charge in [0.05, 0.1) is 25.0 Å². The summed E-state index contributed by atoms with van der Waals surface area (Å²) in [6, 6.07) is 7.08. The first-order valence-corrected chi connectivity index (χ1v) is 7.30. The highest BCUT2D eigenvalue weighted by Gasteiger charge is 2.10. The van der Waals surface area contributed by atoms with E-state index in [-0.39, 0.29) is 12.5 Å². The molecule has 2 N–H and O–H groups in total. The molecule has 21 heavy (non-hydrogen) atoms. The summed E-state index contributed by atoms with van der Waals surface area (Å²) >= 11 is 1.47. The number of anilines is 1. The molecular weight excluding hydrogens is 286 g/mol. The third kappa shape index (κ3) is 4.09. The van der Waals surface area contributed by atoms with Crippen LogP contribution in [0.2, 0.25) is 0 Å². The third-order valence-corrected chi connectivity index (χ3v) is 3.38. The molecule has 0 aliphatic carbocycles. The van der Waals surface area contributed by atoms with Crippen LogP contribution in [0.3, 0.4) is 0 Å². The van der Waals surface area contributed by atoms with Gasteiger partial charge in [-0.05, 0) is 29.6 Å². The van der Waals surface area contributed by atoms with Crippen molar-refractivity contribution in [2.75, 3.05) is 19.0 Å². The zero-order valence-corrected chi connectivity index (χ0v) is 12.4. The number of nitrogens with one attached hydrogen (secondary N) is 1. The molecule has 0 fully saturated rings. The van der Waals surface area contributed by atoms with Crippen molar-refractivity contribution in [1.82, 2.24) is 0 Å². The number of ether oxygens (including phenoxy) is 1. The van der Waals surface area contributed by atoms with Gasteiger partial charge in [0.15, 0.2) is 0 Å². The van der Waals surface area contributed by atoms with Crippen LogP contribution in [0.25, 0.3) is 0 Å². The van der Waals surface area contributed by atoms with E-state index in [4.69, 9.17) is 9.84 Å². The van der Waals surface area contributed by atoms with E-state index in [0.717, 1.165) is 5.56 Å². The molecule has 1 amide bonds. The first kappa shape index (κ1) is 15.1. The Hall–Kier alpha value is -2.29. The van der Waals surface area contributed by atoms with Crippen molar-refractivity contribution in [3.63, 3.8) is 0 Å². The number of rotatable bonds is 4. The van der Waals surface area contributed by atoms with E-state index >= 15 is 0 Å². The van der Waals surface area contributed by atoms with Crippen LogP contribution in [0.15, 0.2) is 35.0 Å². The topological polar surface area (TPSA) is 58.6 Å². The highest BCUT2D eigenvalue weighted by molar-refractivity contribution is 7.08. The molecule has 5 heteroatoms. The Bertz CT molecular complexity index is 669. The molecule has 0 aliphatic heterocycles. The van der Waals surface area contributed by atoms with Crippen molar-refractivity contribution in [2.24, 2.45) is 0 Å². The summed E-state index contributed by atoms with van der Waals surface area (Å²) in [6.45, 7) is 0.0326. The maximum Gasteiger partial charge on any atom is 0.256 e. The molecule has 1 aromatic carbocycles. The molecule has 0 unspecified atom stereocenters. The SMILES string of the molecule is COc1ccc(C#CCCO)cc1NC(=O)c1ccsc1. The lowest BCUT2D eigenvalue weighted by Gasteiger charge is -2.10. The van der Waals surface area contributed by atoms with Gasteiger partial charge in [0.25, 0.3) is 5.91 Å². The zero-order valence-electron chi connectivity index (χ0n) is 11.6. The second kappa shape index (κ2) is 7.48. The Morgan fingerprint density at radius 2 is 2.29 bits per heavy atom. The van der Waals surface area contributed by atoms with Gasteiger partial charge >= 0.3 is 0 Å². The van der Waals surface area contributed by atoms with Gasteiger partial charge in [-0.3, -0.25) is 4.79 Å². The summed E-state index contributed by atoms with van der Waals surface area (Å²) in [4.78, 5) is 12.1. The number of thiophene rings is 1. The Morgan fingerprint density at radius 3 is 2.95 bits per heavy atom. The van der Waals surface area contributed by atoms with Crippen molar-refractivity contribution in [3.8, 4) is 17.6 Å². The van der Waals surface area contributed by atoms with Crippen LogP contribution in [0, 0.1) is 11.8 Å². The highest BCUT2D eigenvalue weighted by Crippen LogP contribution is 2.26. The summed E-state index contributed by atoms with van der Waals surface area (Å²) in [5, 5.41) is 15.2. The predicted octanol–water partition coefficient (Wildman–Crippen LogP) is 2.74. The van der Waals surface area contributed by atoms with Gasteiger partial charge in [0, 0.05) is 17.4 Å². The van der Waals surface area contributed by atoms with E-state index in [0.29, 0.717) is 23.4 Å². The second-order valence-electron chi connectivity index (χ2n) is 4.16. The summed E-state index contributed by atoms with van der Waals surface area (Å²) < 4.78 is 5.24. The Balaban J connectivity index is 2.22.